The molecule has 0 fully saturated rings. The first-order chi connectivity index (χ1) is 5.79. The van der Waals surface area contributed by atoms with Gasteiger partial charge in [0.2, 0.25) is 0 Å². The smallest absolute Gasteiger partial charge is 0.302 e. The summed E-state index contributed by atoms with van der Waals surface area (Å²) in [5.74, 6) is -0.149. The molecule has 2 nitrogen and oxygen atoms in total. The van der Waals surface area contributed by atoms with Crippen LogP contribution in [0.25, 0.3) is 0 Å². The maximum Gasteiger partial charge on any atom is 0.302 e. The number of ether oxygens (including phenoxy) is 1. The molecule has 0 aromatic carbocycles. The van der Waals surface area contributed by atoms with Crippen LogP contribution in [0.3, 0.4) is 0 Å². The number of carbonyl (C=O) groups excluding carboxylic acids is 1. The highest BCUT2D eigenvalue weighted by Crippen LogP contribution is 2.15. The maximum atomic E-state index is 10.7. The minimum atomic E-state index is -0.149. The fraction of sp³-hybridized carbons (Fsp3) is 0.700. The average Bonchev–Trinajstić information content (AvgIpc) is 1.93. The minimum absolute atomic E-state index is 0.149. The van der Waals surface area contributed by atoms with Crippen LogP contribution in [-0.2, 0) is 9.53 Å². The van der Waals surface area contributed by atoms with Gasteiger partial charge in [-0.2, -0.15) is 0 Å². The first kappa shape index (κ1) is 9.30. The average molecular weight is 168 g/mol. The van der Waals surface area contributed by atoms with Gasteiger partial charge in [0.25, 0.3) is 0 Å². The highest BCUT2D eigenvalue weighted by Gasteiger charge is 2.11. The van der Waals surface area contributed by atoms with Crippen LogP contribution >= 0.6 is 0 Å². The largest absolute Gasteiger partial charge is 0.463 e. The zero-order valence-corrected chi connectivity index (χ0v) is 7.58. The van der Waals surface area contributed by atoms with Crippen LogP contribution in [0.1, 0.15) is 39.0 Å². The lowest BCUT2D eigenvalue weighted by molar-refractivity contribution is -0.147. The van der Waals surface area contributed by atoms with Crippen molar-refractivity contribution < 1.29 is 9.53 Å². The molecule has 1 atom stereocenters. The van der Waals surface area contributed by atoms with E-state index in [1.807, 2.05) is 0 Å². The Bertz CT molecular complexity index is 173. The first-order valence-electron chi connectivity index (χ1n) is 4.61. The molecular weight excluding hydrogens is 152 g/mol. The van der Waals surface area contributed by atoms with Crippen molar-refractivity contribution in [3.05, 3.63) is 12.2 Å². The van der Waals surface area contributed by atoms with Gasteiger partial charge in [-0.1, -0.05) is 12.2 Å². The van der Waals surface area contributed by atoms with Crippen LogP contribution in [0.15, 0.2) is 12.2 Å². The molecule has 0 spiro atoms. The predicted molar refractivity (Wildman–Crippen MR) is 47.8 cm³/mol. The van der Waals surface area contributed by atoms with Gasteiger partial charge in [0.05, 0.1) is 0 Å². The molecule has 1 aliphatic rings. The second kappa shape index (κ2) is 4.96. The molecule has 1 rings (SSSR count). The Hall–Kier alpha value is -0.790. The molecule has 0 aliphatic heterocycles. The lowest BCUT2D eigenvalue weighted by atomic mass is 10.0. The van der Waals surface area contributed by atoms with Crippen molar-refractivity contribution in [3.63, 3.8) is 0 Å². The van der Waals surface area contributed by atoms with E-state index in [9.17, 15) is 4.79 Å². The first-order valence-corrected chi connectivity index (χ1v) is 4.61. The van der Waals surface area contributed by atoms with E-state index in [1.54, 1.807) is 0 Å². The summed E-state index contributed by atoms with van der Waals surface area (Å²) >= 11 is 0. The van der Waals surface area contributed by atoms with Gasteiger partial charge in [-0.3, -0.25) is 4.79 Å². The molecule has 68 valence electrons. The number of hydrogen-bond donors (Lipinski definition) is 0. The third-order valence-electron chi connectivity index (χ3n) is 2.05. The quantitative estimate of drug-likeness (QED) is 0.444. The van der Waals surface area contributed by atoms with Crippen molar-refractivity contribution in [2.24, 2.45) is 0 Å². The van der Waals surface area contributed by atoms with Crippen LogP contribution in [0.5, 0.6) is 0 Å². The van der Waals surface area contributed by atoms with Crippen LogP contribution in [-0.4, -0.2) is 12.1 Å². The molecule has 0 bridgehead atoms. The Morgan fingerprint density at radius 2 is 2.08 bits per heavy atom. The minimum Gasteiger partial charge on any atom is -0.463 e. The summed E-state index contributed by atoms with van der Waals surface area (Å²) in [5.41, 5.74) is 0. The standard InChI is InChI=1S/C10H16O2/c1-9(11)12-10-7-5-3-2-4-6-8-10/h2-3,10H,4-8H2,1H3/t10-/m1/s1. The van der Waals surface area contributed by atoms with Crippen molar-refractivity contribution in [2.75, 3.05) is 0 Å². The number of allylic oxidation sites excluding steroid dienone is 2. The van der Waals surface area contributed by atoms with Gasteiger partial charge in [0, 0.05) is 6.92 Å². The number of carbonyl (C=O) groups is 1. The Morgan fingerprint density at radius 1 is 1.33 bits per heavy atom. The molecule has 0 radical (unpaired) electrons. The van der Waals surface area contributed by atoms with Crippen LogP contribution in [0.2, 0.25) is 0 Å². The fourth-order valence-electron chi connectivity index (χ4n) is 1.48. The van der Waals surface area contributed by atoms with Crippen molar-refractivity contribution in [1.82, 2.24) is 0 Å². The molecule has 0 saturated carbocycles. The monoisotopic (exact) mass is 168 g/mol. The van der Waals surface area contributed by atoms with Crippen molar-refractivity contribution in [3.8, 4) is 0 Å². The zero-order valence-electron chi connectivity index (χ0n) is 7.58. The number of esters is 1. The van der Waals surface area contributed by atoms with Crippen LogP contribution < -0.4 is 0 Å². The maximum absolute atomic E-state index is 10.7. The van der Waals surface area contributed by atoms with Gasteiger partial charge in [0.1, 0.15) is 6.10 Å². The van der Waals surface area contributed by atoms with E-state index in [4.69, 9.17) is 4.74 Å². The summed E-state index contributed by atoms with van der Waals surface area (Å²) in [4.78, 5) is 10.7. The van der Waals surface area contributed by atoms with Gasteiger partial charge < -0.3 is 4.74 Å². The predicted octanol–water partition coefficient (Wildman–Crippen LogP) is 2.44. The molecule has 0 amide bonds. The molecule has 1 aliphatic carbocycles. The van der Waals surface area contributed by atoms with Crippen LogP contribution in [0, 0.1) is 0 Å². The third-order valence-corrected chi connectivity index (χ3v) is 2.05. The fourth-order valence-corrected chi connectivity index (χ4v) is 1.48. The SMILES string of the molecule is CC(=O)O[C@@H]1CCC=CCCC1. The normalized spacial score (nSPS) is 24.2. The van der Waals surface area contributed by atoms with Gasteiger partial charge in [0.15, 0.2) is 0 Å². The summed E-state index contributed by atoms with van der Waals surface area (Å²) in [6.45, 7) is 1.48. The summed E-state index contributed by atoms with van der Waals surface area (Å²) in [6.07, 6.45) is 9.84. The lowest BCUT2D eigenvalue weighted by Gasteiger charge is -2.16. The molecule has 0 unspecified atom stereocenters. The van der Waals surface area contributed by atoms with Gasteiger partial charge in [-0.15, -0.1) is 0 Å². The lowest BCUT2D eigenvalue weighted by Crippen LogP contribution is -2.16. The Labute approximate surface area is 73.6 Å². The van der Waals surface area contributed by atoms with E-state index in [1.165, 1.54) is 6.92 Å². The number of hydrogen-bond acceptors (Lipinski definition) is 2. The van der Waals surface area contributed by atoms with Crippen molar-refractivity contribution in [2.45, 2.75) is 45.1 Å². The molecule has 12 heavy (non-hydrogen) atoms. The van der Waals surface area contributed by atoms with Crippen LogP contribution in [0.4, 0.5) is 0 Å². The van der Waals surface area contributed by atoms with Crippen molar-refractivity contribution >= 4 is 5.97 Å². The summed E-state index contributed by atoms with van der Waals surface area (Å²) in [6, 6.07) is 0. The van der Waals surface area contributed by atoms with Gasteiger partial charge >= 0.3 is 5.97 Å². The highest BCUT2D eigenvalue weighted by molar-refractivity contribution is 5.66. The van der Waals surface area contributed by atoms with Gasteiger partial charge in [-0.05, 0) is 32.1 Å². The van der Waals surface area contributed by atoms with E-state index >= 15 is 0 Å². The number of rotatable bonds is 1. The molecule has 0 aromatic heterocycles. The van der Waals surface area contributed by atoms with E-state index < -0.39 is 0 Å². The second-order valence-electron chi connectivity index (χ2n) is 3.21. The topological polar surface area (TPSA) is 26.3 Å². The van der Waals surface area contributed by atoms with E-state index in [0.29, 0.717) is 0 Å². The van der Waals surface area contributed by atoms with E-state index in [-0.39, 0.29) is 12.1 Å². The van der Waals surface area contributed by atoms with E-state index in [2.05, 4.69) is 12.2 Å². The molecule has 0 heterocycles. The summed E-state index contributed by atoms with van der Waals surface area (Å²) < 4.78 is 5.15. The Kier molecular flexibility index (Phi) is 3.85. The molecule has 0 aromatic rings. The summed E-state index contributed by atoms with van der Waals surface area (Å²) in [7, 11) is 0. The second-order valence-corrected chi connectivity index (χ2v) is 3.21. The molecule has 2 heteroatoms. The Morgan fingerprint density at radius 3 is 2.83 bits per heavy atom. The van der Waals surface area contributed by atoms with Crippen molar-refractivity contribution in [1.29, 1.82) is 0 Å². The Balaban J connectivity index is 2.32. The third kappa shape index (κ3) is 3.56. The highest BCUT2D eigenvalue weighted by atomic mass is 16.5. The molecule has 0 saturated heterocycles. The van der Waals surface area contributed by atoms with Gasteiger partial charge in [-0.25, -0.2) is 0 Å². The van der Waals surface area contributed by atoms with E-state index in [0.717, 1.165) is 32.1 Å². The molecular formula is C10H16O2. The zero-order chi connectivity index (χ0) is 8.81. The molecule has 0 N–H and O–H groups in total. The summed E-state index contributed by atoms with van der Waals surface area (Å²) in [5, 5.41) is 0.